The van der Waals surface area contributed by atoms with Crippen LogP contribution in [0.5, 0.6) is 17.2 Å². The lowest BCUT2D eigenvalue weighted by atomic mass is 10.3. The minimum atomic E-state index is -0.149. The zero-order valence-corrected chi connectivity index (χ0v) is 17.8. The first-order chi connectivity index (χ1) is 15.1. The maximum Gasteiger partial charge on any atom is 0.243 e. The van der Waals surface area contributed by atoms with Crippen molar-refractivity contribution in [1.82, 2.24) is 0 Å². The van der Waals surface area contributed by atoms with Crippen LogP contribution >= 0.6 is 0 Å². The summed E-state index contributed by atoms with van der Waals surface area (Å²) in [6.07, 6.45) is 0.0759. The number of amides is 1. The van der Waals surface area contributed by atoms with Gasteiger partial charge in [-0.3, -0.25) is 4.79 Å². The summed E-state index contributed by atoms with van der Waals surface area (Å²) in [5.41, 5.74) is 1.49. The van der Waals surface area contributed by atoms with Gasteiger partial charge in [-0.25, -0.2) is 0 Å². The molecular weight excluding hydrogens is 392 g/mol. The van der Waals surface area contributed by atoms with Crippen LogP contribution in [0, 0.1) is 0 Å². The molecule has 0 aromatic heterocycles. The fourth-order valence-electron chi connectivity index (χ4n) is 2.84. The average molecular weight is 421 g/mol. The van der Waals surface area contributed by atoms with Crippen LogP contribution in [-0.2, 0) is 4.79 Å². The van der Waals surface area contributed by atoms with E-state index in [9.17, 15) is 4.79 Å². The monoisotopic (exact) mass is 420 g/mol. The molecule has 6 heteroatoms. The number of anilines is 2. The Morgan fingerprint density at radius 3 is 2.13 bits per heavy atom. The van der Waals surface area contributed by atoms with Crippen molar-refractivity contribution in [2.75, 3.05) is 30.4 Å². The third-order valence-corrected chi connectivity index (χ3v) is 4.14. The van der Waals surface area contributed by atoms with Crippen molar-refractivity contribution in [2.24, 2.45) is 0 Å². The zero-order chi connectivity index (χ0) is 21.9. The SMILES string of the molecule is CC(C)Oc1cccc(NC(=O)CNc2cccc(OCCOc3ccccc3)c2)c1. The molecule has 0 fully saturated rings. The quantitative estimate of drug-likeness (QED) is 0.428. The molecule has 0 aliphatic carbocycles. The molecule has 2 N–H and O–H groups in total. The summed E-state index contributed by atoms with van der Waals surface area (Å²) in [6.45, 7) is 4.93. The Balaban J connectivity index is 1.42. The lowest BCUT2D eigenvalue weighted by Crippen LogP contribution is -2.21. The van der Waals surface area contributed by atoms with E-state index in [1.807, 2.05) is 92.7 Å². The smallest absolute Gasteiger partial charge is 0.243 e. The molecule has 0 unspecified atom stereocenters. The third-order valence-electron chi connectivity index (χ3n) is 4.14. The highest BCUT2D eigenvalue weighted by atomic mass is 16.5. The fourth-order valence-corrected chi connectivity index (χ4v) is 2.84. The van der Waals surface area contributed by atoms with Crippen LogP contribution in [0.4, 0.5) is 11.4 Å². The maximum absolute atomic E-state index is 12.3. The first-order valence-corrected chi connectivity index (χ1v) is 10.3. The highest BCUT2D eigenvalue weighted by Crippen LogP contribution is 2.19. The van der Waals surface area contributed by atoms with Crippen LogP contribution in [0.25, 0.3) is 0 Å². The van der Waals surface area contributed by atoms with Crippen molar-refractivity contribution in [2.45, 2.75) is 20.0 Å². The van der Waals surface area contributed by atoms with Crippen molar-refractivity contribution < 1.29 is 19.0 Å². The molecule has 3 rings (SSSR count). The highest BCUT2D eigenvalue weighted by Gasteiger charge is 2.05. The molecule has 0 bridgehead atoms. The van der Waals surface area contributed by atoms with Crippen molar-refractivity contribution in [1.29, 1.82) is 0 Å². The number of ether oxygens (including phenoxy) is 3. The first kappa shape index (κ1) is 22.0. The largest absolute Gasteiger partial charge is 0.491 e. The summed E-state index contributed by atoms with van der Waals surface area (Å²) in [5, 5.41) is 5.98. The summed E-state index contributed by atoms with van der Waals surface area (Å²) in [4.78, 5) is 12.3. The van der Waals surface area contributed by atoms with Gasteiger partial charge in [0, 0.05) is 23.5 Å². The minimum absolute atomic E-state index is 0.0759. The summed E-state index contributed by atoms with van der Waals surface area (Å²) in [5.74, 6) is 2.10. The van der Waals surface area contributed by atoms with Crippen LogP contribution in [0.15, 0.2) is 78.9 Å². The van der Waals surface area contributed by atoms with Gasteiger partial charge in [0.05, 0.1) is 12.6 Å². The molecule has 0 aliphatic heterocycles. The first-order valence-electron chi connectivity index (χ1n) is 10.3. The molecule has 0 atom stereocenters. The molecule has 0 saturated carbocycles. The van der Waals surface area contributed by atoms with Crippen LogP contribution in [0.2, 0.25) is 0 Å². The lowest BCUT2D eigenvalue weighted by Gasteiger charge is -2.12. The van der Waals surface area contributed by atoms with E-state index < -0.39 is 0 Å². The second-order valence-corrected chi connectivity index (χ2v) is 7.13. The van der Waals surface area contributed by atoms with Gasteiger partial charge in [0.1, 0.15) is 30.5 Å². The number of carbonyl (C=O) groups is 1. The van der Waals surface area contributed by atoms with Crippen LogP contribution in [0.3, 0.4) is 0 Å². The van der Waals surface area contributed by atoms with Gasteiger partial charge < -0.3 is 24.8 Å². The molecule has 1 amide bonds. The number of nitrogens with one attached hydrogen (secondary N) is 2. The van der Waals surface area contributed by atoms with Gasteiger partial charge >= 0.3 is 0 Å². The maximum atomic E-state index is 12.3. The molecule has 31 heavy (non-hydrogen) atoms. The van der Waals surface area contributed by atoms with Gasteiger partial charge in [-0.2, -0.15) is 0 Å². The summed E-state index contributed by atoms with van der Waals surface area (Å²) < 4.78 is 17.0. The van der Waals surface area contributed by atoms with Gasteiger partial charge in [0.2, 0.25) is 5.91 Å². The van der Waals surface area contributed by atoms with Crippen molar-refractivity contribution in [3.63, 3.8) is 0 Å². The Morgan fingerprint density at radius 2 is 1.39 bits per heavy atom. The number of carbonyl (C=O) groups excluding carboxylic acids is 1. The van der Waals surface area contributed by atoms with E-state index >= 15 is 0 Å². The third kappa shape index (κ3) is 7.93. The normalized spacial score (nSPS) is 10.4. The number of hydrogen-bond acceptors (Lipinski definition) is 5. The van der Waals surface area contributed by atoms with E-state index in [1.54, 1.807) is 0 Å². The molecule has 0 radical (unpaired) electrons. The topological polar surface area (TPSA) is 68.8 Å². The van der Waals surface area contributed by atoms with Gasteiger partial charge in [0.25, 0.3) is 0 Å². The molecule has 162 valence electrons. The van der Waals surface area contributed by atoms with Crippen LogP contribution in [0.1, 0.15) is 13.8 Å². The van der Waals surface area contributed by atoms with Gasteiger partial charge in [-0.05, 0) is 50.2 Å². The zero-order valence-electron chi connectivity index (χ0n) is 17.8. The Labute approximate surface area is 183 Å². The number of para-hydroxylation sites is 1. The van der Waals surface area contributed by atoms with E-state index in [0.717, 1.165) is 17.2 Å². The Kier molecular flexibility index (Phi) is 8.17. The number of benzene rings is 3. The van der Waals surface area contributed by atoms with E-state index in [2.05, 4.69) is 10.6 Å². The van der Waals surface area contributed by atoms with E-state index in [1.165, 1.54) is 0 Å². The molecule has 3 aromatic rings. The van der Waals surface area contributed by atoms with Crippen molar-refractivity contribution >= 4 is 17.3 Å². The van der Waals surface area contributed by atoms with Gasteiger partial charge in [-0.1, -0.05) is 30.3 Å². The van der Waals surface area contributed by atoms with Crippen molar-refractivity contribution in [3.8, 4) is 17.2 Å². The number of rotatable bonds is 11. The van der Waals surface area contributed by atoms with E-state index in [-0.39, 0.29) is 18.6 Å². The molecule has 0 spiro atoms. The second kappa shape index (κ2) is 11.5. The second-order valence-electron chi connectivity index (χ2n) is 7.13. The summed E-state index contributed by atoms with van der Waals surface area (Å²) in [6, 6.07) is 24.5. The standard InChI is InChI=1S/C25H28N2O4/c1-19(2)31-24-13-7-9-21(17-24)27-25(28)18-26-20-8-6-12-23(16-20)30-15-14-29-22-10-4-3-5-11-22/h3-13,16-17,19,26H,14-15,18H2,1-2H3,(H,27,28). The van der Waals surface area contributed by atoms with Crippen LogP contribution < -0.4 is 24.8 Å². The molecule has 3 aromatic carbocycles. The van der Waals surface area contributed by atoms with E-state index in [4.69, 9.17) is 14.2 Å². The van der Waals surface area contributed by atoms with Gasteiger partial charge in [0.15, 0.2) is 0 Å². The number of hydrogen-bond donors (Lipinski definition) is 2. The summed E-state index contributed by atoms with van der Waals surface area (Å²) >= 11 is 0. The molecule has 0 saturated heterocycles. The van der Waals surface area contributed by atoms with Crippen LogP contribution in [-0.4, -0.2) is 31.8 Å². The molecule has 0 aliphatic rings. The lowest BCUT2D eigenvalue weighted by molar-refractivity contribution is -0.114. The average Bonchev–Trinajstić information content (AvgIpc) is 2.76. The predicted molar refractivity (Wildman–Crippen MR) is 123 cm³/mol. The Morgan fingerprint density at radius 1 is 0.774 bits per heavy atom. The highest BCUT2D eigenvalue weighted by molar-refractivity contribution is 5.93. The summed E-state index contributed by atoms with van der Waals surface area (Å²) in [7, 11) is 0. The Bertz CT molecular complexity index is 961. The van der Waals surface area contributed by atoms with E-state index in [0.29, 0.717) is 24.7 Å². The fraction of sp³-hybridized carbons (Fsp3) is 0.240. The minimum Gasteiger partial charge on any atom is -0.491 e. The van der Waals surface area contributed by atoms with Gasteiger partial charge in [-0.15, -0.1) is 0 Å². The molecule has 0 heterocycles. The van der Waals surface area contributed by atoms with Crippen molar-refractivity contribution in [3.05, 3.63) is 78.9 Å². The molecular formula is C25H28N2O4. The Hall–Kier alpha value is -3.67. The predicted octanol–water partition coefficient (Wildman–Crippen LogP) is 4.98. The molecule has 6 nitrogen and oxygen atoms in total.